The van der Waals surface area contributed by atoms with Gasteiger partial charge in [-0.1, -0.05) is 0 Å². The van der Waals surface area contributed by atoms with Crippen molar-refractivity contribution < 1.29 is 18.3 Å². The van der Waals surface area contributed by atoms with Gasteiger partial charge in [-0.2, -0.15) is 0 Å². The quantitative estimate of drug-likeness (QED) is 0.661. The summed E-state index contributed by atoms with van der Waals surface area (Å²) in [4.78, 5) is 0. The number of nitrogens with zero attached hydrogens (tertiary/aromatic N) is 1. The molecule has 1 aromatic carbocycles. The van der Waals surface area contributed by atoms with Crippen LogP contribution >= 0.6 is 0 Å². The number of nitriles is 1. The van der Waals surface area contributed by atoms with Crippen LogP contribution in [0.5, 0.6) is 0 Å². The van der Waals surface area contributed by atoms with Gasteiger partial charge in [0.25, 0.3) is 0 Å². The molecule has 0 aliphatic rings. The Morgan fingerprint density at radius 1 is 1.18 bits per heavy atom. The summed E-state index contributed by atoms with van der Waals surface area (Å²) in [6.07, 6.45) is 0.528. The molecule has 0 saturated carbocycles. The molecule has 0 fully saturated rings. The van der Waals surface area contributed by atoms with Crippen molar-refractivity contribution in [3.63, 3.8) is 0 Å². The van der Waals surface area contributed by atoms with Gasteiger partial charge in [0, 0.05) is 0 Å². The summed E-state index contributed by atoms with van der Waals surface area (Å²) in [6, 6.07) is 10.4. The van der Waals surface area contributed by atoms with Gasteiger partial charge in [-0.3, -0.25) is 0 Å². The summed E-state index contributed by atoms with van der Waals surface area (Å²) in [5.41, 5.74) is 2.50. The van der Waals surface area contributed by atoms with Gasteiger partial charge < -0.3 is 0 Å². The van der Waals surface area contributed by atoms with Crippen LogP contribution in [0.15, 0.2) is 24.3 Å². The molecule has 0 saturated heterocycles. The molecule has 1 nitrogen and oxygen atoms in total. The SMILES string of the molecule is N#CCc1ccc([CH2][Zn+])cc1. The van der Waals surface area contributed by atoms with Crippen molar-refractivity contribution in [2.24, 2.45) is 0 Å². The van der Waals surface area contributed by atoms with Gasteiger partial charge >= 0.3 is 76.5 Å². The Balaban J connectivity index is 2.76. The predicted octanol–water partition coefficient (Wildman–Crippen LogP) is 1.80. The Labute approximate surface area is 76.7 Å². The second-order valence-corrected chi connectivity index (χ2v) is 3.45. The fourth-order valence-corrected chi connectivity index (χ4v) is 1.61. The van der Waals surface area contributed by atoms with Gasteiger partial charge in [0.15, 0.2) is 0 Å². The van der Waals surface area contributed by atoms with Crippen molar-refractivity contribution in [3.05, 3.63) is 35.4 Å². The second-order valence-electron chi connectivity index (χ2n) is 2.40. The molecular formula is C9H8NZn+. The van der Waals surface area contributed by atoms with Gasteiger partial charge in [0.1, 0.15) is 0 Å². The topological polar surface area (TPSA) is 23.8 Å². The molecule has 0 aliphatic heterocycles. The monoisotopic (exact) mass is 194 g/mol. The van der Waals surface area contributed by atoms with Crippen LogP contribution in [0, 0.1) is 11.3 Å². The molecule has 0 N–H and O–H groups in total. The van der Waals surface area contributed by atoms with Crippen molar-refractivity contribution in [1.82, 2.24) is 0 Å². The van der Waals surface area contributed by atoms with Gasteiger partial charge in [-0.25, -0.2) is 0 Å². The van der Waals surface area contributed by atoms with Crippen LogP contribution in [0.2, 0.25) is 0 Å². The molecule has 0 spiro atoms. The molecule has 0 bridgehead atoms. The third kappa shape index (κ3) is 2.44. The predicted molar refractivity (Wildman–Crippen MR) is 39.5 cm³/mol. The Bertz CT molecular complexity index is 258. The minimum atomic E-state index is 0.528. The Morgan fingerprint density at radius 3 is 2.18 bits per heavy atom. The van der Waals surface area contributed by atoms with Crippen molar-refractivity contribution in [2.75, 3.05) is 0 Å². The number of hydrogen-bond donors (Lipinski definition) is 0. The summed E-state index contributed by atoms with van der Waals surface area (Å²) in [5, 5.41) is 9.59. The van der Waals surface area contributed by atoms with E-state index in [0.29, 0.717) is 6.42 Å². The molecule has 1 aromatic rings. The number of hydrogen-bond acceptors (Lipinski definition) is 1. The number of rotatable bonds is 2. The molecular weight excluding hydrogens is 187 g/mol. The van der Waals surface area contributed by atoms with E-state index in [-0.39, 0.29) is 0 Å². The first-order valence-corrected chi connectivity index (χ1v) is 5.70. The van der Waals surface area contributed by atoms with Gasteiger partial charge in [-0.15, -0.1) is 0 Å². The average Bonchev–Trinajstić information content (AvgIpc) is 2.07. The fraction of sp³-hybridized carbons (Fsp3) is 0.222. The molecule has 11 heavy (non-hydrogen) atoms. The van der Waals surface area contributed by atoms with Crippen LogP contribution in [0.25, 0.3) is 0 Å². The summed E-state index contributed by atoms with van der Waals surface area (Å²) in [6.45, 7) is 0. The van der Waals surface area contributed by atoms with E-state index in [9.17, 15) is 0 Å². The van der Waals surface area contributed by atoms with Crippen LogP contribution in [0.1, 0.15) is 11.1 Å². The number of benzene rings is 1. The first-order valence-electron chi connectivity index (χ1n) is 3.61. The molecule has 50 valence electrons. The molecule has 0 amide bonds. The average molecular weight is 196 g/mol. The van der Waals surface area contributed by atoms with Crippen molar-refractivity contribution in [1.29, 1.82) is 5.26 Å². The van der Waals surface area contributed by atoms with E-state index in [1.807, 2.05) is 12.1 Å². The summed E-state index contributed by atoms with van der Waals surface area (Å²) < 4.78 is 0. The maximum atomic E-state index is 8.40. The van der Waals surface area contributed by atoms with Crippen LogP contribution in [-0.4, -0.2) is 0 Å². The standard InChI is InChI=1S/C9H8N.Zn/c1-8-2-4-9(5-3-8)6-7-10;/h2-5H,1,6H2;/q;+1. The van der Waals surface area contributed by atoms with Crippen molar-refractivity contribution >= 4 is 0 Å². The molecule has 2 heteroatoms. The summed E-state index contributed by atoms with van der Waals surface area (Å²) in [5.74, 6) is 0. The van der Waals surface area contributed by atoms with E-state index in [0.717, 1.165) is 5.56 Å². The van der Waals surface area contributed by atoms with Gasteiger partial charge in [0.2, 0.25) is 0 Å². The zero-order valence-corrected chi connectivity index (χ0v) is 9.35. The normalized spacial score (nSPS) is 9.18. The maximum absolute atomic E-state index is 8.40. The van der Waals surface area contributed by atoms with E-state index >= 15 is 0 Å². The van der Waals surface area contributed by atoms with E-state index < -0.39 is 0 Å². The molecule has 0 aromatic heterocycles. The molecule has 0 aliphatic carbocycles. The van der Waals surface area contributed by atoms with Gasteiger partial charge in [-0.05, 0) is 0 Å². The summed E-state index contributed by atoms with van der Waals surface area (Å²) >= 11 is 1.30. The first-order chi connectivity index (χ1) is 5.36. The Hall–Kier alpha value is -0.667. The van der Waals surface area contributed by atoms with Crippen LogP contribution in [0.4, 0.5) is 0 Å². The second kappa shape index (κ2) is 4.26. The fourth-order valence-electron chi connectivity index (χ4n) is 0.915. The zero-order chi connectivity index (χ0) is 8.10. The van der Waals surface area contributed by atoms with Crippen molar-refractivity contribution in [3.8, 4) is 6.07 Å². The van der Waals surface area contributed by atoms with Crippen LogP contribution < -0.4 is 0 Å². The third-order valence-corrected chi connectivity index (χ3v) is 2.81. The minimum absolute atomic E-state index is 0.528. The molecule has 0 unspecified atom stereocenters. The molecule has 0 atom stereocenters. The van der Waals surface area contributed by atoms with E-state index in [1.165, 1.54) is 28.9 Å². The van der Waals surface area contributed by atoms with Gasteiger partial charge in [0.05, 0.1) is 0 Å². The molecule has 0 heterocycles. The molecule has 1 rings (SSSR count). The van der Waals surface area contributed by atoms with E-state index in [1.54, 1.807) is 0 Å². The first kappa shape index (κ1) is 8.43. The Morgan fingerprint density at radius 2 is 1.73 bits per heavy atom. The van der Waals surface area contributed by atoms with E-state index in [2.05, 4.69) is 18.2 Å². The zero-order valence-electron chi connectivity index (χ0n) is 6.38. The third-order valence-electron chi connectivity index (χ3n) is 1.59. The Kier molecular flexibility index (Phi) is 3.27. The molecule has 0 radical (unpaired) electrons. The summed E-state index contributed by atoms with van der Waals surface area (Å²) in [7, 11) is 0. The van der Waals surface area contributed by atoms with Crippen LogP contribution in [0.3, 0.4) is 0 Å². The van der Waals surface area contributed by atoms with E-state index in [4.69, 9.17) is 5.26 Å². The van der Waals surface area contributed by atoms with Crippen molar-refractivity contribution in [2.45, 2.75) is 11.4 Å². The van der Waals surface area contributed by atoms with Crippen LogP contribution in [-0.2, 0) is 29.7 Å².